The van der Waals surface area contributed by atoms with Gasteiger partial charge in [-0.2, -0.15) is 0 Å². The van der Waals surface area contributed by atoms with Crippen LogP contribution in [0.25, 0.3) is 16.8 Å². The van der Waals surface area contributed by atoms with Crippen molar-refractivity contribution in [2.75, 3.05) is 5.75 Å². The molecule has 2 aromatic heterocycles. The first-order chi connectivity index (χ1) is 11.2. The number of Topliss-reactive ketones (excluding diaryl/α,β-unsaturated/α-hetero) is 1. The minimum absolute atomic E-state index is 0.0121. The van der Waals surface area contributed by atoms with Crippen molar-refractivity contribution in [1.29, 1.82) is 0 Å². The fraction of sp³-hybridized carbons (Fsp3) is 0.0625. The second-order valence-electron chi connectivity index (χ2n) is 4.99. The summed E-state index contributed by atoms with van der Waals surface area (Å²) in [5, 5.41) is 8.42. The van der Waals surface area contributed by atoms with E-state index in [-0.39, 0.29) is 11.5 Å². The molecule has 0 fully saturated rings. The Kier molecular flexibility index (Phi) is 3.55. The highest BCUT2D eigenvalue weighted by Crippen LogP contribution is 2.23. The van der Waals surface area contributed by atoms with Crippen LogP contribution in [0.3, 0.4) is 0 Å². The van der Waals surface area contributed by atoms with E-state index in [4.69, 9.17) is 11.6 Å². The number of carbonyl (C=O) groups excluding carboxylic acids is 1. The highest BCUT2D eigenvalue weighted by atomic mass is 35.5. The highest BCUT2D eigenvalue weighted by molar-refractivity contribution is 7.99. The normalized spacial score (nSPS) is 11.3. The van der Waals surface area contributed by atoms with Crippen LogP contribution in [0.2, 0.25) is 5.02 Å². The van der Waals surface area contributed by atoms with Crippen LogP contribution in [-0.2, 0) is 0 Å². The Labute approximate surface area is 140 Å². The number of hydrogen-bond donors (Lipinski definition) is 1. The minimum atomic E-state index is 0.0121. The Hall–Kier alpha value is -2.31. The fourth-order valence-corrected chi connectivity index (χ4v) is 3.46. The van der Waals surface area contributed by atoms with Crippen molar-refractivity contribution in [2.45, 2.75) is 5.16 Å². The third-order valence-corrected chi connectivity index (χ3v) is 4.66. The molecule has 5 nitrogen and oxygen atoms in total. The molecule has 0 aliphatic rings. The molecule has 0 amide bonds. The zero-order valence-corrected chi connectivity index (χ0v) is 13.4. The predicted octanol–water partition coefficient (Wildman–Crippen LogP) is 3.84. The molecule has 114 valence electrons. The van der Waals surface area contributed by atoms with Gasteiger partial charge in [0.05, 0.1) is 16.8 Å². The van der Waals surface area contributed by atoms with E-state index in [1.165, 1.54) is 11.8 Å². The van der Waals surface area contributed by atoms with Crippen molar-refractivity contribution in [3.63, 3.8) is 0 Å². The molecule has 4 aromatic rings. The molecule has 2 heterocycles. The van der Waals surface area contributed by atoms with Crippen molar-refractivity contribution >= 4 is 46.0 Å². The number of carbonyl (C=O) groups is 1. The monoisotopic (exact) mass is 342 g/mol. The van der Waals surface area contributed by atoms with Gasteiger partial charge in [0.2, 0.25) is 5.78 Å². The van der Waals surface area contributed by atoms with Gasteiger partial charge in [0, 0.05) is 10.6 Å². The molecule has 0 bridgehead atoms. The van der Waals surface area contributed by atoms with Crippen molar-refractivity contribution in [3.05, 3.63) is 59.1 Å². The molecule has 7 heteroatoms. The molecule has 0 radical (unpaired) electrons. The Bertz CT molecular complexity index is 1020. The van der Waals surface area contributed by atoms with E-state index in [1.54, 1.807) is 24.3 Å². The summed E-state index contributed by atoms with van der Waals surface area (Å²) >= 11 is 7.30. The second kappa shape index (κ2) is 5.72. The third kappa shape index (κ3) is 2.60. The van der Waals surface area contributed by atoms with Crippen molar-refractivity contribution in [2.24, 2.45) is 0 Å². The lowest BCUT2D eigenvalue weighted by atomic mass is 10.1. The molecule has 4 rings (SSSR count). The first kappa shape index (κ1) is 14.3. The van der Waals surface area contributed by atoms with Crippen LogP contribution in [0.1, 0.15) is 10.4 Å². The maximum absolute atomic E-state index is 12.3. The van der Waals surface area contributed by atoms with E-state index in [0.29, 0.717) is 21.5 Å². The van der Waals surface area contributed by atoms with Gasteiger partial charge in [-0.05, 0) is 24.3 Å². The van der Waals surface area contributed by atoms with Gasteiger partial charge in [0.25, 0.3) is 0 Å². The summed E-state index contributed by atoms with van der Waals surface area (Å²) in [6.07, 6.45) is 0. The van der Waals surface area contributed by atoms with Crippen LogP contribution in [0, 0.1) is 0 Å². The lowest BCUT2D eigenvalue weighted by molar-refractivity contribution is 0.102. The summed E-state index contributed by atoms with van der Waals surface area (Å²) < 4.78 is 1.92. The van der Waals surface area contributed by atoms with E-state index >= 15 is 0 Å². The first-order valence-corrected chi connectivity index (χ1v) is 8.32. The number of rotatable bonds is 4. The van der Waals surface area contributed by atoms with Crippen molar-refractivity contribution in [3.8, 4) is 0 Å². The van der Waals surface area contributed by atoms with E-state index < -0.39 is 0 Å². The highest BCUT2D eigenvalue weighted by Gasteiger charge is 2.14. The molecule has 0 saturated carbocycles. The van der Waals surface area contributed by atoms with Crippen LogP contribution >= 0.6 is 23.4 Å². The fourth-order valence-electron chi connectivity index (χ4n) is 2.41. The average Bonchev–Trinajstić information content (AvgIpc) is 3.11. The molecule has 0 atom stereocenters. The topological polar surface area (TPSA) is 63.0 Å². The number of aromatic nitrogens is 4. The lowest BCUT2D eigenvalue weighted by Gasteiger charge is -2.01. The zero-order valence-electron chi connectivity index (χ0n) is 11.9. The Morgan fingerprint density at radius 3 is 2.96 bits per heavy atom. The van der Waals surface area contributed by atoms with Gasteiger partial charge in [-0.15, -0.1) is 5.10 Å². The third-order valence-electron chi connectivity index (χ3n) is 3.48. The van der Waals surface area contributed by atoms with E-state index in [0.717, 1.165) is 11.0 Å². The number of H-pyrrole nitrogens is 1. The van der Waals surface area contributed by atoms with Gasteiger partial charge < -0.3 is 0 Å². The van der Waals surface area contributed by atoms with Gasteiger partial charge in [-0.1, -0.05) is 47.6 Å². The number of para-hydroxylation sites is 2. The molecule has 0 saturated heterocycles. The lowest BCUT2D eigenvalue weighted by Crippen LogP contribution is -2.02. The summed E-state index contributed by atoms with van der Waals surface area (Å²) in [6.45, 7) is 0. The minimum Gasteiger partial charge on any atom is -0.293 e. The van der Waals surface area contributed by atoms with Gasteiger partial charge in [0.1, 0.15) is 0 Å². The van der Waals surface area contributed by atoms with E-state index in [2.05, 4.69) is 15.2 Å². The number of nitrogens with zero attached hydrogens (tertiary/aromatic N) is 3. The number of nitrogens with one attached hydrogen (secondary N) is 1. The van der Waals surface area contributed by atoms with Gasteiger partial charge in [-0.25, -0.2) is 10.1 Å². The number of halogens is 1. The smallest absolute Gasteiger partial charge is 0.231 e. The molecule has 0 aliphatic carbocycles. The number of imidazole rings is 1. The summed E-state index contributed by atoms with van der Waals surface area (Å²) in [5.74, 6) is 0.967. The number of aromatic amines is 1. The van der Waals surface area contributed by atoms with Crippen molar-refractivity contribution in [1.82, 2.24) is 19.6 Å². The Balaban J connectivity index is 1.62. The molecule has 0 unspecified atom stereocenters. The molecule has 23 heavy (non-hydrogen) atoms. The standard InChI is InChI=1S/C16H11ClN4OS/c17-11-5-3-4-10(8-11)14(22)9-23-16-20-19-15-18-12-6-1-2-7-13(12)21(15)16/h1-8H,9H2,(H,18,19). The van der Waals surface area contributed by atoms with Crippen LogP contribution in [0.5, 0.6) is 0 Å². The largest absolute Gasteiger partial charge is 0.293 e. The number of fused-ring (bicyclic) bond motifs is 3. The number of ketones is 1. The van der Waals surface area contributed by atoms with Crippen molar-refractivity contribution < 1.29 is 4.79 Å². The van der Waals surface area contributed by atoms with E-state index in [1.807, 2.05) is 28.7 Å². The summed E-state index contributed by atoms with van der Waals surface area (Å²) in [6, 6.07) is 14.8. The van der Waals surface area contributed by atoms with E-state index in [9.17, 15) is 4.79 Å². The number of benzene rings is 2. The van der Waals surface area contributed by atoms with Gasteiger partial charge in [-0.3, -0.25) is 9.20 Å². The molecular weight excluding hydrogens is 332 g/mol. The Morgan fingerprint density at radius 1 is 1.22 bits per heavy atom. The van der Waals surface area contributed by atoms with Crippen LogP contribution < -0.4 is 0 Å². The summed E-state index contributed by atoms with van der Waals surface area (Å²) in [4.78, 5) is 16.7. The molecule has 2 aromatic carbocycles. The second-order valence-corrected chi connectivity index (χ2v) is 6.37. The molecule has 1 N–H and O–H groups in total. The number of hydrogen-bond acceptors (Lipinski definition) is 4. The Morgan fingerprint density at radius 2 is 2.09 bits per heavy atom. The SMILES string of the molecule is O=C(CSc1n[nH]c2nc3ccccc3n12)c1cccc(Cl)c1. The maximum atomic E-state index is 12.3. The zero-order chi connectivity index (χ0) is 15.8. The van der Waals surface area contributed by atoms with Crippen LogP contribution in [0.4, 0.5) is 0 Å². The van der Waals surface area contributed by atoms with Crippen LogP contribution in [-0.4, -0.2) is 31.1 Å². The predicted molar refractivity (Wildman–Crippen MR) is 91.4 cm³/mol. The molecule has 0 aliphatic heterocycles. The average molecular weight is 343 g/mol. The van der Waals surface area contributed by atoms with Crippen LogP contribution in [0.15, 0.2) is 53.7 Å². The van der Waals surface area contributed by atoms with Gasteiger partial charge in [0.15, 0.2) is 10.9 Å². The first-order valence-electron chi connectivity index (χ1n) is 6.95. The summed E-state index contributed by atoms with van der Waals surface area (Å²) in [7, 11) is 0. The quantitative estimate of drug-likeness (QED) is 0.452. The number of thioether (sulfide) groups is 1. The molecule has 0 spiro atoms. The van der Waals surface area contributed by atoms with Gasteiger partial charge >= 0.3 is 0 Å². The summed E-state index contributed by atoms with van der Waals surface area (Å²) in [5.41, 5.74) is 2.46. The molecular formula is C16H11ClN4OS. The maximum Gasteiger partial charge on any atom is 0.231 e.